The van der Waals surface area contributed by atoms with Crippen LogP contribution in [-0.2, 0) is 0 Å². The minimum Gasteiger partial charge on any atom is -0.383 e. The first kappa shape index (κ1) is 19.9. The van der Waals surface area contributed by atoms with E-state index < -0.39 is 0 Å². The molecule has 1 atom stereocenters. The lowest BCUT2D eigenvalue weighted by Crippen LogP contribution is -2.45. The third-order valence-corrected chi connectivity index (χ3v) is 5.27. The Bertz CT molecular complexity index is 498. The first-order valence-corrected chi connectivity index (χ1v) is 9.18. The fraction of sp³-hybridized carbons (Fsp3) is 0.727. The van der Waals surface area contributed by atoms with Crippen molar-refractivity contribution < 1.29 is 0 Å². The summed E-state index contributed by atoms with van der Waals surface area (Å²) in [6.07, 6.45) is 7.96. The molecule has 1 unspecified atom stereocenters. The molecule has 0 aliphatic heterocycles. The average molecular weight is 316 g/mol. The molecule has 0 amide bonds. The molecule has 0 aromatic heterocycles. The van der Waals surface area contributed by atoms with E-state index >= 15 is 0 Å². The van der Waals surface area contributed by atoms with E-state index in [0.717, 1.165) is 31.4 Å². The zero-order chi connectivity index (χ0) is 17.7. The third kappa shape index (κ3) is 5.76. The highest BCUT2D eigenvalue weighted by atomic mass is 15.0. The summed E-state index contributed by atoms with van der Waals surface area (Å²) in [5, 5.41) is 3.71. The molecule has 0 fully saturated rings. The van der Waals surface area contributed by atoms with E-state index in [9.17, 15) is 0 Å². The Morgan fingerprint density at radius 3 is 2.39 bits per heavy atom. The molecule has 130 valence electrons. The Kier molecular flexibility index (Phi) is 6.58. The Labute approximate surface area is 145 Å². The zero-order valence-corrected chi connectivity index (χ0v) is 16.4. The van der Waals surface area contributed by atoms with Crippen LogP contribution in [0.4, 0.5) is 0 Å². The summed E-state index contributed by atoms with van der Waals surface area (Å²) in [6, 6.07) is 0. The van der Waals surface area contributed by atoms with E-state index in [1.807, 2.05) is 0 Å². The highest BCUT2D eigenvalue weighted by molar-refractivity contribution is 5.26. The van der Waals surface area contributed by atoms with Crippen molar-refractivity contribution in [2.24, 2.45) is 10.8 Å². The summed E-state index contributed by atoms with van der Waals surface area (Å²) in [4.78, 5) is 0. The van der Waals surface area contributed by atoms with Gasteiger partial charge in [-0.05, 0) is 51.9 Å². The molecule has 1 aliphatic carbocycles. The largest absolute Gasteiger partial charge is 0.383 e. The Morgan fingerprint density at radius 1 is 1.13 bits per heavy atom. The van der Waals surface area contributed by atoms with Crippen molar-refractivity contribution in [2.45, 2.75) is 92.0 Å². The molecule has 0 saturated carbocycles. The summed E-state index contributed by atoms with van der Waals surface area (Å²) >= 11 is 0. The minimum absolute atomic E-state index is 0.0221. The smallest absolute Gasteiger partial charge is 0.0675 e. The van der Waals surface area contributed by atoms with Gasteiger partial charge >= 0.3 is 0 Å². The van der Waals surface area contributed by atoms with Crippen LogP contribution in [-0.4, -0.2) is 5.54 Å². The summed E-state index contributed by atoms with van der Waals surface area (Å²) in [5.74, 6) is 6.84. The Hall–Kier alpha value is -1.16. The molecule has 0 aromatic carbocycles. The van der Waals surface area contributed by atoms with Gasteiger partial charge in [0, 0.05) is 17.7 Å². The molecule has 23 heavy (non-hydrogen) atoms. The first-order valence-electron chi connectivity index (χ1n) is 9.18. The maximum atomic E-state index is 4.37. The topological polar surface area (TPSA) is 12.0 Å². The van der Waals surface area contributed by atoms with Crippen LogP contribution in [0.2, 0.25) is 0 Å². The van der Waals surface area contributed by atoms with Crippen molar-refractivity contribution in [1.29, 1.82) is 0 Å². The molecule has 0 radical (unpaired) electrons. The molecule has 0 saturated heterocycles. The fourth-order valence-corrected chi connectivity index (χ4v) is 3.71. The van der Waals surface area contributed by atoms with Crippen molar-refractivity contribution in [3.63, 3.8) is 0 Å². The summed E-state index contributed by atoms with van der Waals surface area (Å²) in [5.41, 5.74) is 2.39. The predicted octanol–water partition coefficient (Wildman–Crippen LogP) is 6.22. The van der Waals surface area contributed by atoms with Crippen LogP contribution in [0, 0.1) is 22.7 Å². The van der Waals surface area contributed by atoms with Crippen molar-refractivity contribution in [2.75, 3.05) is 0 Å². The molecule has 0 aromatic rings. The van der Waals surface area contributed by atoms with Crippen LogP contribution < -0.4 is 5.32 Å². The lowest BCUT2D eigenvalue weighted by Gasteiger charge is -2.41. The van der Waals surface area contributed by atoms with Crippen LogP contribution in [0.1, 0.15) is 86.5 Å². The van der Waals surface area contributed by atoms with Gasteiger partial charge in [0.15, 0.2) is 0 Å². The number of nitrogens with one attached hydrogen (secondary N) is 1. The normalized spacial score (nSPS) is 22.3. The van der Waals surface area contributed by atoms with Gasteiger partial charge in [-0.25, -0.2) is 0 Å². The highest BCUT2D eigenvalue weighted by Crippen LogP contribution is 2.38. The zero-order valence-electron chi connectivity index (χ0n) is 16.4. The van der Waals surface area contributed by atoms with Crippen molar-refractivity contribution in [1.82, 2.24) is 5.32 Å². The van der Waals surface area contributed by atoms with Crippen molar-refractivity contribution in [3.8, 4) is 11.8 Å². The minimum atomic E-state index is -0.108. The van der Waals surface area contributed by atoms with E-state index in [-0.39, 0.29) is 16.4 Å². The van der Waals surface area contributed by atoms with Gasteiger partial charge in [-0.15, -0.1) is 5.92 Å². The molecule has 1 N–H and O–H groups in total. The van der Waals surface area contributed by atoms with E-state index in [1.54, 1.807) is 0 Å². The standard InChI is InChI=1S/C22H37N/c1-9-18(2)20(4,5)17-21(6,7)23-19(3)22(8)15-13-11-10-12-14-16-22/h23H,2-3,9-13,15,17H2,1,4-8H3. The lowest BCUT2D eigenvalue weighted by atomic mass is 9.73. The second-order valence-electron chi connectivity index (χ2n) is 8.70. The fourth-order valence-electron chi connectivity index (χ4n) is 3.71. The van der Waals surface area contributed by atoms with E-state index in [0.29, 0.717) is 0 Å². The summed E-state index contributed by atoms with van der Waals surface area (Å²) < 4.78 is 0. The number of hydrogen-bond acceptors (Lipinski definition) is 1. The highest BCUT2D eigenvalue weighted by Gasteiger charge is 2.34. The van der Waals surface area contributed by atoms with Gasteiger partial charge in [0.05, 0.1) is 5.41 Å². The van der Waals surface area contributed by atoms with Gasteiger partial charge < -0.3 is 5.32 Å². The molecule has 0 spiro atoms. The number of hydrogen-bond donors (Lipinski definition) is 1. The molecular formula is C22H37N. The maximum Gasteiger partial charge on any atom is 0.0675 e. The summed E-state index contributed by atoms with van der Waals surface area (Å²) in [6.45, 7) is 22.2. The first-order chi connectivity index (χ1) is 10.5. The van der Waals surface area contributed by atoms with Gasteiger partial charge in [0.25, 0.3) is 0 Å². The van der Waals surface area contributed by atoms with E-state index in [1.165, 1.54) is 24.8 Å². The van der Waals surface area contributed by atoms with Crippen LogP contribution in [0.3, 0.4) is 0 Å². The SMILES string of the molecule is C=C(CC)C(C)(C)CC(C)(C)NC(=C)C1(C)C#CCCCCC1. The molecule has 1 aliphatic rings. The van der Waals surface area contributed by atoms with Crippen molar-refractivity contribution >= 4 is 0 Å². The van der Waals surface area contributed by atoms with E-state index in [4.69, 9.17) is 0 Å². The molecular weight excluding hydrogens is 278 g/mol. The van der Waals surface area contributed by atoms with Crippen LogP contribution >= 0.6 is 0 Å². The monoisotopic (exact) mass is 315 g/mol. The van der Waals surface area contributed by atoms with Gasteiger partial charge in [-0.3, -0.25) is 0 Å². The lowest BCUT2D eigenvalue weighted by molar-refractivity contribution is 0.254. The molecule has 0 bridgehead atoms. The van der Waals surface area contributed by atoms with Gasteiger partial charge in [0.1, 0.15) is 0 Å². The second kappa shape index (κ2) is 7.61. The Morgan fingerprint density at radius 2 is 1.78 bits per heavy atom. The Balaban J connectivity index is 2.83. The van der Waals surface area contributed by atoms with Gasteiger partial charge in [-0.1, -0.05) is 58.3 Å². The molecule has 1 nitrogen and oxygen atoms in total. The van der Waals surface area contributed by atoms with Crippen LogP contribution in [0.25, 0.3) is 0 Å². The molecule has 1 rings (SSSR count). The molecule has 1 heteroatoms. The number of allylic oxidation sites excluding steroid dienone is 2. The second-order valence-corrected chi connectivity index (χ2v) is 8.70. The number of rotatable bonds is 7. The third-order valence-electron chi connectivity index (χ3n) is 5.27. The molecule has 0 heterocycles. The van der Waals surface area contributed by atoms with Crippen LogP contribution in [0.5, 0.6) is 0 Å². The van der Waals surface area contributed by atoms with Gasteiger partial charge in [-0.2, -0.15) is 0 Å². The van der Waals surface area contributed by atoms with Crippen LogP contribution in [0.15, 0.2) is 24.4 Å². The predicted molar refractivity (Wildman–Crippen MR) is 103 cm³/mol. The average Bonchev–Trinajstić information content (AvgIpc) is 2.40. The van der Waals surface area contributed by atoms with E-state index in [2.05, 4.69) is 71.9 Å². The summed E-state index contributed by atoms with van der Waals surface area (Å²) in [7, 11) is 0. The quantitative estimate of drug-likeness (QED) is 0.434. The maximum absolute atomic E-state index is 4.37. The van der Waals surface area contributed by atoms with Gasteiger partial charge in [0.2, 0.25) is 0 Å². The van der Waals surface area contributed by atoms with Crippen molar-refractivity contribution in [3.05, 3.63) is 24.4 Å².